The number of unbranched alkanes of at least 4 members (excludes halogenated alkanes) is 1. The average Bonchev–Trinajstić information content (AvgIpc) is 2.25. The molecule has 0 aliphatic heterocycles. The standard InChI is InChI=1S/C12H14O4/c1-2-3-4-10(14)12(16)9-6-5-8(13)7-11(9)15/h5-7,13,15H,2-4H2,1H3. The molecule has 0 saturated heterocycles. The zero-order valence-electron chi connectivity index (χ0n) is 9.06. The number of Topliss-reactive ketones (excluding diaryl/α,β-unsaturated/α-hetero) is 2. The molecule has 0 fully saturated rings. The van der Waals surface area contributed by atoms with Gasteiger partial charge in [-0.2, -0.15) is 0 Å². The molecule has 0 saturated carbocycles. The van der Waals surface area contributed by atoms with Crippen molar-refractivity contribution in [1.29, 1.82) is 0 Å². The average molecular weight is 222 g/mol. The zero-order valence-corrected chi connectivity index (χ0v) is 9.06. The zero-order chi connectivity index (χ0) is 12.1. The predicted octanol–water partition coefficient (Wildman–Crippen LogP) is 2.04. The normalized spacial score (nSPS) is 10.1. The summed E-state index contributed by atoms with van der Waals surface area (Å²) >= 11 is 0. The quantitative estimate of drug-likeness (QED) is 0.590. The van der Waals surface area contributed by atoms with Crippen LogP contribution in [-0.4, -0.2) is 21.8 Å². The number of hydrogen-bond acceptors (Lipinski definition) is 4. The van der Waals surface area contributed by atoms with Gasteiger partial charge >= 0.3 is 0 Å². The van der Waals surface area contributed by atoms with Crippen LogP contribution in [0.1, 0.15) is 36.5 Å². The number of rotatable bonds is 5. The van der Waals surface area contributed by atoms with Gasteiger partial charge < -0.3 is 10.2 Å². The minimum absolute atomic E-state index is 0.0566. The summed E-state index contributed by atoms with van der Waals surface area (Å²) in [6.45, 7) is 1.93. The number of phenols is 2. The van der Waals surface area contributed by atoms with E-state index < -0.39 is 11.6 Å². The molecule has 0 spiro atoms. The molecule has 2 N–H and O–H groups in total. The van der Waals surface area contributed by atoms with Crippen molar-refractivity contribution in [2.75, 3.05) is 0 Å². The van der Waals surface area contributed by atoms with E-state index in [0.717, 1.165) is 12.5 Å². The minimum Gasteiger partial charge on any atom is -0.508 e. The Morgan fingerprint density at radius 3 is 2.50 bits per heavy atom. The molecule has 0 bridgehead atoms. The SMILES string of the molecule is CCCCC(=O)C(=O)c1ccc(O)cc1O. The lowest BCUT2D eigenvalue weighted by atomic mass is 10.0. The Morgan fingerprint density at radius 1 is 1.25 bits per heavy atom. The van der Waals surface area contributed by atoms with Gasteiger partial charge in [-0.25, -0.2) is 0 Å². The molecule has 0 unspecified atom stereocenters. The first kappa shape index (κ1) is 12.2. The first-order valence-electron chi connectivity index (χ1n) is 5.15. The van der Waals surface area contributed by atoms with Crippen molar-refractivity contribution in [3.8, 4) is 11.5 Å². The van der Waals surface area contributed by atoms with Crippen molar-refractivity contribution in [3.05, 3.63) is 23.8 Å². The van der Waals surface area contributed by atoms with Crippen LogP contribution in [0.25, 0.3) is 0 Å². The van der Waals surface area contributed by atoms with Gasteiger partial charge in [-0.05, 0) is 18.6 Å². The van der Waals surface area contributed by atoms with Gasteiger partial charge in [0.1, 0.15) is 11.5 Å². The third kappa shape index (κ3) is 2.82. The Kier molecular flexibility index (Phi) is 4.05. The van der Waals surface area contributed by atoms with Crippen LogP contribution < -0.4 is 0 Å². The summed E-state index contributed by atoms with van der Waals surface area (Å²) in [5.74, 6) is -1.72. The lowest BCUT2D eigenvalue weighted by Crippen LogP contribution is -2.13. The third-order valence-electron chi connectivity index (χ3n) is 2.24. The molecular formula is C12H14O4. The van der Waals surface area contributed by atoms with E-state index in [1.54, 1.807) is 0 Å². The van der Waals surface area contributed by atoms with Crippen LogP contribution in [0, 0.1) is 0 Å². The molecule has 4 nitrogen and oxygen atoms in total. The summed E-state index contributed by atoms with van der Waals surface area (Å²) in [6.07, 6.45) is 1.68. The molecule has 0 aliphatic rings. The van der Waals surface area contributed by atoms with E-state index in [1.165, 1.54) is 12.1 Å². The second-order valence-electron chi connectivity index (χ2n) is 3.56. The van der Waals surface area contributed by atoms with Crippen LogP contribution in [0.15, 0.2) is 18.2 Å². The fourth-order valence-corrected chi connectivity index (χ4v) is 1.31. The van der Waals surface area contributed by atoms with Crippen LogP contribution in [0.4, 0.5) is 0 Å². The molecule has 86 valence electrons. The Morgan fingerprint density at radius 2 is 1.94 bits per heavy atom. The predicted molar refractivity (Wildman–Crippen MR) is 58.6 cm³/mol. The maximum atomic E-state index is 11.6. The van der Waals surface area contributed by atoms with Crippen molar-refractivity contribution in [2.24, 2.45) is 0 Å². The highest BCUT2D eigenvalue weighted by atomic mass is 16.3. The second-order valence-corrected chi connectivity index (χ2v) is 3.56. The van der Waals surface area contributed by atoms with Crippen LogP contribution in [0.2, 0.25) is 0 Å². The molecule has 1 aromatic carbocycles. The van der Waals surface area contributed by atoms with Gasteiger partial charge in [0.05, 0.1) is 5.56 Å². The summed E-state index contributed by atoms with van der Waals surface area (Å²) in [5, 5.41) is 18.4. The molecule has 16 heavy (non-hydrogen) atoms. The Bertz CT molecular complexity index is 409. The molecular weight excluding hydrogens is 208 g/mol. The molecule has 0 aromatic heterocycles. The van der Waals surface area contributed by atoms with Crippen LogP contribution in [0.5, 0.6) is 11.5 Å². The van der Waals surface area contributed by atoms with Gasteiger partial charge in [0, 0.05) is 12.5 Å². The van der Waals surface area contributed by atoms with Gasteiger partial charge in [-0.3, -0.25) is 9.59 Å². The summed E-state index contributed by atoms with van der Waals surface area (Å²) in [5.41, 5.74) is -0.0566. The van der Waals surface area contributed by atoms with E-state index in [-0.39, 0.29) is 23.5 Å². The monoisotopic (exact) mass is 222 g/mol. The highest BCUT2D eigenvalue weighted by Gasteiger charge is 2.18. The van der Waals surface area contributed by atoms with Crippen LogP contribution >= 0.6 is 0 Å². The Balaban J connectivity index is 2.84. The summed E-state index contributed by atoms with van der Waals surface area (Å²) in [7, 11) is 0. The Labute approximate surface area is 93.5 Å². The lowest BCUT2D eigenvalue weighted by molar-refractivity contribution is -0.115. The smallest absolute Gasteiger partial charge is 0.232 e. The number of hydrogen-bond donors (Lipinski definition) is 2. The number of carbonyl (C=O) groups is 2. The van der Waals surface area contributed by atoms with Gasteiger partial charge in [0.15, 0.2) is 0 Å². The van der Waals surface area contributed by atoms with E-state index in [4.69, 9.17) is 5.11 Å². The van der Waals surface area contributed by atoms with Crippen molar-refractivity contribution in [3.63, 3.8) is 0 Å². The highest BCUT2D eigenvalue weighted by molar-refractivity contribution is 6.44. The van der Waals surface area contributed by atoms with Gasteiger partial charge in [0.25, 0.3) is 0 Å². The number of phenolic OH excluding ortho intramolecular Hbond substituents is 2. The second kappa shape index (κ2) is 5.30. The molecule has 0 radical (unpaired) electrons. The number of benzene rings is 1. The Hall–Kier alpha value is -1.84. The largest absolute Gasteiger partial charge is 0.508 e. The van der Waals surface area contributed by atoms with E-state index >= 15 is 0 Å². The van der Waals surface area contributed by atoms with Crippen molar-refractivity contribution in [1.82, 2.24) is 0 Å². The van der Waals surface area contributed by atoms with Gasteiger partial charge in [-0.15, -0.1) is 0 Å². The summed E-state index contributed by atoms with van der Waals surface area (Å²) in [6, 6.07) is 3.55. The number of carbonyl (C=O) groups excluding carboxylic acids is 2. The molecule has 0 aliphatic carbocycles. The molecule has 1 aromatic rings. The summed E-state index contributed by atoms with van der Waals surface area (Å²) in [4.78, 5) is 23.0. The van der Waals surface area contributed by atoms with Crippen molar-refractivity contribution in [2.45, 2.75) is 26.2 Å². The van der Waals surface area contributed by atoms with E-state index in [9.17, 15) is 14.7 Å². The fourth-order valence-electron chi connectivity index (χ4n) is 1.31. The van der Waals surface area contributed by atoms with Crippen LogP contribution in [0.3, 0.4) is 0 Å². The van der Waals surface area contributed by atoms with Crippen LogP contribution in [-0.2, 0) is 4.79 Å². The first-order valence-corrected chi connectivity index (χ1v) is 5.15. The molecule has 1 rings (SSSR count). The molecule has 0 atom stereocenters. The number of ketones is 2. The summed E-state index contributed by atoms with van der Waals surface area (Å²) < 4.78 is 0. The van der Waals surface area contributed by atoms with Gasteiger partial charge in [-0.1, -0.05) is 13.3 Å². The van der Waals surface area contributed by atoms with E-state index in [1.807, 2.05) is 6.92 Å². The maximum Gasteiger partial charge on any atom is 0.232 e. The van der Waals surface area contributed by atoms with Crippen molar-refractivity contribution >= 4 is 11.6 Å². The van der Waals surface area contributed by atoms with E-state index in [0.29, 0.717) is 6.42 Å². The van der Waals surface area contributed by atoms with Crippen molar-refractivity contribution < 1.29 is 19.8 Å². The number of aromatic hydroxyl groups is 2. The van der Waals surface area contributed by atoms with Gasteiger partial charge in [0.2, 0.25) is 11.6 Å². The highest BCUT2D eigenvalue weighted by Crippen LogP contribution is 2.23. The minimum atomic E-state index is -0.703. The molecule has 4 heteroatoms. The maximum absolute atomic E-state index is 11.6. The topological polar surface area (TPSA) is 74.6 Å². The van der Waals surface area contributed by atoms with E-state index in [2.05, 4.69) is 0 Å². The molecule has 0 amide bonds. The molecule has 0 heterocycles. The first-order chi connectivity index (χ1) is 7.56. The fraction of sp³-hybridized carbons (Fsp3) is 0.333. The third-order valence-corrected chi connectivity index (χ3v) is 2.24. The lowest BCUT2D eigenvalue weighted by Gasteiger charge is -2.03.